The SMILES string of the molecule is CCOC(=O)c1c(C)[nH]c(C)c1C(=O)COC(=O)/C=C/c1ccccc1OCC. The third-order valence-corrected chi connectivity index (χ3v) is 4.10. The summed E-state index contributed by atoms with van der Waals surface area (Å²) in [7, 11) is 0. The fraction of sp³-hybridized carbons (Fsp3) is 0.318. The molecule has 0 aliphatic rings. The Kier molecular flexibility index (Phi) is 7.77. The first-order valence-electron chi connectivity index (χ1n) is 9.35. The fourth-order valence-electron chi connectivity index (χ4n) is 2.91. The van der Waals surface area contributed by atoms with E-state index >= 15 is 0 Å². The maximum Gasteiger partial charge on any atom is 0.340 e. The Bertz CT molecular complexity index is 925. The largest absolute Gasteiger partial charge is 0.493 e. The van der Waals surface area contributed by atoms with Gasteiger partial charge in [-0.2, -0.15) is 0 Å². The Morgan fingerprint density at radius 2 is 1.66 bits per heavy atom. The quantitative estimate of drug-likeness (QED) is 0.393. The summed E-state index contributed by atoms with van der Waals surface area (Å²) in [6.07, 6.45) is 2.79. The number of ketones is 1. The number of Topliss-reactive ketones (excluding diaryl/α,β-unsaturated/α-hetero) is 1. The zero-order valence-corrected chi connectivity index (χ0v) is 17.0. The number of carbonyl (C=O) groups is 3. The number of aromatic nitrogens is 1. The second-order valence-corrected chi connectivity index (χ2v) is 6.18. The first-order chi connectivity index (χ1) is 13.9. The molecule has 0 radical (unpaired) electrons. The molecule has 154 valence electrons. The molecule has 7 heteroatoms. The molecule has 0 spiro atoms. The molecule has 0 bridgehead atoms. The molecule has 1 aromatic carbocycles. The van der Waals surface area contributed by atoms with Gasteiger partial charge in [-0.25, -0.2) is 9.59 Å². The molecule has 1 N–H and O–H groups in total. The summed E-state index contributed by atoms with van der Waals surface area (Å²) in [4.78, 5) is 39.7. The molecule has 1 heterocycles. The Balaban J connectivity index is 2.06. The third kappa shape index (κ3) is 5.57. The van der Waals surface area contributed by atoms with Gasteiger partial charge >= 0.3 is 11.9 Å². The lowest BCUT2D eigenvalue weighted by molar-refractivity contribution is -0.136. The maximum atomic E-state index is 12.6. The molecule has 0 saturated carbocycles. The first-order valence-corrected chi connectivity index (χ1v) is 9.35. The Labute approximate surface area is 169 Å². The number of benzene rings is 1. The van der Waals surface area contributed by atoms with Crippen molar-refractivity contribution in [2.45, 2.75) is 27.7 Å². The summed E-state index contributed by atoms with van der Waals surface area (Å²) < 4.78 is 15.6. The number of aromatic amines is 1. The smallest absolute Gasteiger partial charge is 0.340 e. The van der Waals surface area contributed by atoms with Gasteiger partial charge in [-0.15, -0.1) is 0 Å². The molecule has 29 heavy (non-hydrogen) atoms. The Morgan fingerprint density at radius 1 is 0.966 bits per heavy atom. The predicted octanol–water partition coefficient (Wildman–Crippen LogP) is 3.65. The van der Waals surface area contributed by atoms with Crippen LogP contribution in [0.5, 0.6) is 5.75 Å². The zero-order valence-electron chi connectivity index (χ0n) is 17.0. The molecule has 0 aliphatic carbocycles. The van der Waals surface area contributed by atoms with Gasteiger partial charge in [-0.05, 0) is 39.8 Å². The van der Waals surface area contributed by atoms with Crippen molar-refractivity contribution >= 4 is 23.8 Å². The minimum absolute atomic E-state index is 0.173. The van der Waals surface area contributed by atoms with Crippen molar-refractivity contribution in [1.82, 2.24) is 4.98 Å². The third-order valence-electron chi connectivity index (χ3n) is 4.10. The zero-order chi connectivity index (χ0) is 21.4. The second kappa shape index (κ2) is 10.3. The average molecular weight is 399 g/mol. The number of aryl methyl sites for hydroxylation is 2. The molecule has 0 aliphatic heterocycles. The number of nitrogens with one attached hydrogen (secondary N) is 1. The van der Waals surface area contributed by atoms with Gasteiger partial charge in [-0.3, -0.25) is 4.79 Å². The van der Waals surface area contributed by atoms with Gasteiger partial charge in [-0.1, -0.05) is 18.2 Å². The Morgan fingerprint density at radius 3 is 2.34 bits per heavy atom. The molecular formula is C22H25NO6. The minimum atomic E-state index is -0.674. The van der Waals surface area contributed by atoms with Crippen LogP contribution in [0.3, 0.4) is 0 Å². The molecule has 0 saturated heterocycles. The van der Waals surface area contributed by atoms with Crippen LogP contribution >= 0.6 is 0 Å². The molecule has 0 unspecified atom stereocenters. The molecule has 0 fully saturated rings. The number of hydrogen-bond donors (Lipinski definition) is 1. The minimum Gasteiger partial charge on any atom is -0.493 e. The van der Waals surface area contributed by atoms with E-state index in [1.807, 2.05) is 19.1 Å². The summed E-state index contributed by atoms with van der Waals surface area (Å²) in [6.45, 7) is 7.12. The van der Waals surface area contributed by atoms with Gasteiger partial charge in [0.05, 0.1) is 24.3 Å². The maximum absolute atomic E-state index is 12.6. The number of ether oxygens (including phenoxy) is 3. The van der Waals surface area contributed by atoms with Crippen LogP contribution in [0.4, 0.5) is 0 Å². The Hall–Kier alpha value is -3.35. The van der Waals surface area contributed by atoms with E-state index < -0.39 is 24.3 Å². The van der Waals surface area contributed by atoms with E-state index in [0.29, 0.717) is 23.7 Å². The van der Waals surface area contributed by atoms with E-state index in [4.69, 9.17) is 14.2 Å². The standard InChI is InChI=1S/C22H25NO6/c1-5-27-18-10-8-7-9-16(18)11-12-19(25)29-13-17(24)20-14(3)23-15(4)21(20)22(26)28-6-2/h7-12,23H,5-6,13H2,1-4H3/b12-11+. The van der Waals surface area contributed by atoms with Crippen LogP contribution in [0.25, 0.3) is 6.08 Å². The molecule has 1 aromatic heterocycles. The number of esters is 2. The van der Waals surface area contributed by atoms with Crippen molar-refractivity contribution in [3.05, 3.63) is 58.4 Å². The molecular weight excluding hydrogens is 374 g/mol. The van der Waals surface area contributed by atoms with Gasteiger partial charge in [0, 0.05) is 23.0 Å². The van der Waals surface area contributed by atoms with E-state index in [1.165, 1.54) is 6.08 Å². The normalized spacial score (nSPS) is 10.8. The van der Waals surface area contributed by atoms with E-state index in [9.17, 15) is 14.4 Å². The van der Waals surface area contributed by atoms with Gasteiger partial charge < -0.3 is 19.2 Å². The lowest BCUT2D eigenvalue weighted by Crippen LogP contribution is -2.17. The number of rotatable bonds is 9. The van der Waals surface area contributed by atoms with E-state index in [2.05, 4.69) is 4.98 Å². The van der Waals surface area contributed by atoms with Crippen LogP contribution in [0, 0.1) is 13.8 Å². The molecule has 0 amide bonds. The van der Waals surface area contributed by atoms with Crippen molar-refractivity contribution in [3.63, 3.8) is 0 Å². The van der Waals surface area contributed by atoms with Crippen molar-refractivity contribution in [2.75, 3.05) is 19.8 Å². The first kappa shape index (κ1) is 21.9. The van der Waals surface area contributed by atoms with Crippen molar-refractivity contribution < 1.29 is 28.6 Å². The van der Waals surface area contributed by atoms with Crippen LogP contribution in [0.2, 0.25) is 0 Å². The lowest BCUT2D eigenvalue weighted by Gasteiger charge is -2.07. The molecule has 2 rings (SSSR count). The highest BCUT2D eigenvalue weighted by Crippen LogP contribution is 2.21. The van der Waals surface area contributed by atoms with E-state index in [1.54, 1.807) is 39.0 Å². The highest BCUT2D eigenvalue weighted by Gasteiger charge is 2.25. The predicted molar refractivity (Wildman–Crippen MR) is 108 cm³/mol. The summed E-state index contributed by atoms with van der Waals surface area (Å²) in [6, 6.07) is 7.26. The van der Waals surface area contributed by atoms with Crippen molar-refractivity contribution in [1.29, 1.82) is 0 Å². The number of para-hydroxylation sites is 1. The van der Waals surface area contributed by atoms with E-state index in [0.717, 1.165) is 5.56 Å². The molecule has 2 aromatic rings. The molecule has 7 nitrogen and oxygen atoms in total. The summed E-state index contributed by atoms with van der Waals surface area (Å²) in [5.41, 5.74) is 2.13. The number of hydrogen-bond acceptors (Lipinski definition) is 6. The molecule has 0 atom stereocenters. The van der Waals surface area contributed by atoms with Crippen molar-refractivity contribution in [2.24, 2.45) is 0 Å². The van der Waals surface area contributed by atoms with Gasteiger partial charge in [0.15, 0.2) is 6.61 Å². The second-order valence-electron chi connectivity index (χ2n) is 6.18. The fourth-order valence-corrected chi connectivity index (χ4v) is 2.91. The van der Waals surface area contributed by atoms with Gasteiger partial charge in [0.1, 0.15) is 5.75 Å². The average Bonchev–Trinajstić information content (AvgIpc) is 2.99. The highest BCUT2D eigenvalue weighted by molar-refractivity contribution is 6.09. The van der Waals surface area contributed by atoms with Crippen molar-refractivity contribution in [3.8, 4) is 5.75 Å². The van der Waals surface area contributed by atoms with Crippen LogP contribution in [0.15, 0.2) is 30.3 Å². The van der Waals surface area contributed by atoms with Crippen LogP contribution in [0.1, 0.15) is 51.5 Å². The van der Waals surface area contributed by atoms with Crippen LogP contribution in [-0.4, -0.2) is 42.5 Å². The monoisotopic (exact) mass is 399 g/mol. The van der Waals surface area contributed by atoms with E-state index in [-0.39, 0.29) is 17.7 Å². The highest BCUT2D eigenvalue weighted by atomic mass is 16.5. The topological polar surface area (TPSA) is 94.7 Å². The van der Waals surface area contributed by atoms with Gasteiger partial charge in [0.2, 0.25) is 5.78 Å². The number of H-pyrrole nitrogens is 1. The van der Waals surface area contributed by atoms with Crippen LogP contribution < -0.4 is 4.74 Å². The lowest BCUT2D eigenvalue weighted by atomic mass is 10.1. The van der Waals surface area contributed by atoms with Gasteiger partial charge in [0.25, 0.3) is 0 Å². The number of carbonyl (C=O) groups excluding carboxylic acids is 3. The van der Waals surface area contributed by atoms with Crippen LogP contribution in [-0.2, 0) is 14.3 Å². The summed E-state index contributed by atoms with van der Waals surface area (Å²) >= 11 is 0. The summed E-state index contributed by atoms with van der Waals surface area (Å²) in [5, 5.41) is 0. The summed E-state index contributed by atoms with van der Waals surface area (Å²) in [5.74, 6) is -1.09.